The van der Waals surface area contributed by atoms with Gasteiger partial charge in [-0.3, -0.25) is 14.4 Å². The number of aromatic hydroxyl groups is 4. The average molecular weight is 1900 g/mol. The molecule has 0 saturated carbocycles. The molecule has 18 nitrogen and oxygen atoms in total. The van der Waals surface area contributed by atoms with Gasteiger partial charge in [0.25, 0.3) is 17.9 Å². The van der Waals surface area contributed by atoms with Crippen molar-refractivity contribution in [2.75, 3.05) is 0 Å². The van der Waals surface area contributed by atoms with Gasteiger partial charge in [-0.2, -0.15) is 0 Å². The first-order valence-corrected chi connectivity index (χ1v) is 40.6. The standard InChI is InChI=1S/C47H39BrN4O2.C47H38BrN4O2.3C2H4O2.3Co/c2*1-46(2,3)28-21-31-35-17-19-39(49-35)41(25-9-13-30(48)14-10-25)40-20-18-36(50-40)32-22-29(47(4,5)6)24-34(45(32)54)38-16-12-27-8-7-26-11-15-37(33(23-28)44(31)53)51-42(26)43(27)52-38;3*1-2(3)4;;;/h7-24,49,53-54H,1-6H3;7-24H,1-6H3,(H2-,49,50,51,52,53,54);3*1H3,(H,3,4);;;/q;-1;;;;;;. The molecule has 3 radical (unpaired) electrons. The second-order valence-corrected chi connectivity index (χ2v) is 36.0. The van der Waals surface area contributed by atoms with Crippen LogP contribution in [-0.2, 0) is 86.4 Å². The summed E-state index contributed by atoms with van der Waals surface area (Å²) in [5, 5.41) is 79.6. The number of benzene rings is 8. The Kier molecular flexibility index (Phi) is 27.0. The predicted octanol–water partition coefficient (Wildman–Crippen LogP) is 25.3. The molecule has 8 aromatic carbocycles. The molecule has 10 heterocycles. The molecule has 0 spiro atoms. The Hall–Kier alpha value is -11.7. The molecule has 16 aromatic rings. The quantitative estimate of drug-likeness (QED) is 0.0746. The van der Waals surface area contributed by atoms with E-state index in [2.05, 4.69) is 156 Å². The maximum atomic E-state index is 12.2. The number of nitrogens with zero attached hydrogens (tertiary/aromatic N) is 7. The summed E-state index contributed by atoms with van der Waals surface area (Å²) in [4.78, 5) is 67.1. The predicted molar refractivity (Wildman–Crippen MR) is 496 cm³/mol. The number of pyridine rings is 4. The summed E-state index contributed by atoms with van der Waals surface area (Å²) in [7, 11) is 0. The Morgan fingerprint density at radius 1 is 0.309 bits per heavy atom. The van der Waals surface area contributed by atoms with Crippen molar-refractivity contribution in [2.24, 2.45) is 0 Å². The van der Waals surface area contributed by atoms with Crippen molar-refractivity contribution in [1.82, 2.24) is 39.9 Å². The molecular formula is C100H89Br2Co3N8O10-. The number of hydrogen-bond donors (Lipinski definition) is 8. The molecule has 631 valence electrons. The van der Waals surface area contributed by atoms with E-state index in [1.807, 2.05) is 182 Å². The fraction of sp³-hybridized carbons (Fsp3) is 0.190. The van der Waals surface area contributed by atoms with E-state index in [4.69, 9.17) is 64.6 Å². The van der Waals surface area contributed by atoms with Gasteiger partial charge in [0, 0.05) is 161 Å². The van der Waals surface area contributed by atoms with Crippen LogP contribution in [0.4, 0.5) is 0 Å². The van der Waals surface area contributed by atoms with Crippen molar-refractivity contribution >= 4 is 205 Å². The molecule has 24 bridgehead atoms. The van der Waals surface area contributed by atoms with E-state index in [9.17, 15) is 20.4 Å². The van der Waals surface area contributed by atoms with Gasteiger partial charge in [-0.1, -0.05) is 200 Å². The molecule has 23 heteroatoms. The number of nitrogens with one attached hydrogen (secondary N) is 1. The third-order valence-electron chi connectivity index (χ3n) is 21.1. The topological polar surface area (TPSA) is 300 Å². The summed E-state index contributed by atoms with van der Waals surface area (Å²) in [6, 6.07) is 64.8. The zero-order valence-electron chi connectivity index (χ0n) is 70.0. The Morgan fingerprint density at radius 3 is 0.911 bits per heavy atom. The minimum Gasteiger partial charge on any atom is -0.657 e. The van der Waals surface area contributed by atoms with Crippen molar-refractivity contribution in [3.05, 3.63) is 248 Å². The summed E-state index contributed by atoms with van der Waals surface area (Å²) < 4.78 is 1.93. The van der Waals surface area contributed by atoms with Crippen LogP contribution < -0.4 is 4.98 Å². The van der Waals surface area contributed by atoms with Crippen LogP contribution in [0.1, 0.15) is 149 Å². The molecule has 0 unspecified atom stereocenters. The van der Waals surface area contributed by atoms with Gasteiger partial charge in [0.05, 0.1) is 66.9 Å². The first kappa shape index (κ1) is 92.1. The van der Waals surface area contributed by atoms with Crippen molar-refractivity contribution in [1.29, 1.82) is 0 Å². The number of halogens is 2. The average Bonchev–Trinajstić information content (AvgIpc) is 1.74. The van der Waals surface area contributed by atoms with E-state index in [0.29, 0.717) is 93.1 Å². The van der Waals surface area contributed by atoms with Gasteiger partial charge in [0.1, 0.15) is 23.0 Å². The number of carboxylic acids is 3. The number of aromatic amines is 1. The fourth-order valence-electron chi connectivity index (χ4n) is 14.7. The molecule has 0 fully saturated rings. The number of aromatic nitrogens is 8. The van der Waals surface area contributed by atoms with E-state index in [1.165, 1.54) is 0 Å². The molecule has 0 amide bonds. The normalized spacial score (nSPS) is 11.8. The van der Waals surface area contributed by atoms with E-state index in [-0.39, 0.29) is 95.0 Å². The number of fused-ring (bicyclic) bond motifs is 28. The van der Waals surface area contributed by atoms with Gasteiger partial charge in [-0.15, -0.1) is 11.0 Å². The minimum atomic E-state index is -0.833. The third-order valence-corrected chi connectivity index (χ3v) is 22.1. The molecule has 0 aliphatic carbocycles. The summed E-state index contributed by atoms with van der Waals surface area (Å²) >= 11 is 7.20. The second kappa shape index (κ2) is 36.0. The van der Waals surface area contributed by atoms with Gasteiger partial charge >= 0.3 is 0 Å². The molecule has 2 aliphatic heterocycles. The smallest absolute Gasteiger partial charge is 0.300 e. The van der Waals surface area contributed by atoms with Crippen molar-refractivity contribution in [2.45, 2.75) is 126 Å². The fourth-order valence-corrected chi connectivity index (χ4v) is 15.3. The number of rotatable bonds is 2. The number of phenolic OH excluding ortho intramolecular Hbond substituents is 4. The van der Waals surface area contributed by atoms with Crippen LogP contribution in [0.15, 0.2) is 203 Å². The van der Waals surface area contributed by atoms with Crippen molar-refractivity contribution < 1.29 is 100 Å². The zero-order valence-corrected chi connectivity index (χ0v) is 76.3. The molecule has 8 N–H and O–H groups in total. The number of aliphatic carboxylic acids is 3. The Morgan fingerprint density at radius 2 is 0.569 bits per heavy atom. The van der Waals surface area contributed by atoms with E-state index < -0.39 is 17.9 Å². The van der Waals surface area contributed by atoms with Crippen LogP contribution in [0.3, 0.4) is 0 Å². The van der Waals surface area contributed by atoms with Crippen LogP contribution in [0.25, 0.3) is 177 Å². The monoisotopic (exact) mass is 1900 g/mol. The summed E-state index contributed by atoms with van der Waals surface area (Å²) in [5.41, 5.74) is 18.1. The van der Waals surface area contributed by atoms with Crippen LogP contribution >= 0.6 is 31.9 Å². The van der Waals surface area contributed by atoms with Gasteiger partial charge in [0.2, 0.25) is 0 Å². The van der Waals surface area contributed by atoms with Gasteiger partial charge < -0.3 is 45.7 Å². The number of carboxylic acid groups (broad SMARTS) is 3. The van der Waals surface area contributed by atoms with Crippen molar-refractivity contribution in [3.63, 3.8) is 0 Å². The van der Waals surface area contributed by atoms with E-state index in [0.717, 1.165) is 135 Å². The van der Waals surface area contributed by atoms with Gasteiger partial charge in [0.15, 0.2) is 0 Å². The summed E-state index contributed by atoms with van der Waals surface area (Å²) in [5.74, 6) is -2.01. The van der Waals surface area contributed by atoms with Crippen LogP contribution in [0.2, 0.25) is 0 Å². The SMILES string of the molecule is CC(=O)O.CC(=O)O.CC(=O)O.CC(C)(C)c1cc2c3nc(c(-c4ccc(Br)cc4)c4ccc([n-]4)c4cc(C(C)(C)C)cc(c4O)c4ccc5ccc6ccc(nc6c5n4)c(c1)c2O)C=C3.CC(C)(C)c1cc2c3nc(c(-c4ccc(Br)cc4)c4ccc([nH]4)c4cc(C(C)(C)C)cc(c4O)c4ccc5ccc6ccc(nc6c5n4)c(c1)c2O)C=C3.[Co].[Co].[Co]. The molecule has 8 aromatic heterocycles. The van der Waals surface area contributed by atoms with E-state index >= 15 is 0 Å². The number of carbonyl (C=O) groups is 3. The summed E-state index contributed by atoms with van der Waals surface area (Å²) in [6.45, 7) is 29.3. The van der Waals surface area contributed by atoms with Gasteiger partial charge in [-0.05, 0) is 194 Å². The third kappa shape index (κ3) is 19.4. The maximum absolute atomic E-state index is 12.2. The number of phenols is 4. The van der Waals surface area contributed by atoms with Crippen LogP contribution in [-0.4, -0.2) is 88.5 Å². The molecular weight excluding hydrogens is 1810 g/mol. The number of hydrogen-bond acceptors (Lipinski definition) is 13. The zero-order chi connectivity index (χ0) is 86.1. The van der Waals surface area contributed by atoms with E-state index in [1.54, 1.807) is 0 Å². The maximum Gasteiger partial charge on any atom is 0.300 e. The Balaban J connectivity index is 0.000000208. The van der Waals surface area contributed by atoms with Crippen LogP contribution in [0, 0.1) is 0 Å². The molecule has 18 rings (SSSR count). The molecule has 123 heavy (non-hydrogen) atoms. The Bertz CT molecular complexity index is 6850. The molecule has 2 aliphatic rings. The minimum absolute atomic E-state index is 0. The Labute approximate surface area is 758 Å². The molecule has 0 saturated heterocycles. The summed E-state index contributed by atoms with van der Waals surface area (Å²) in [6.07, 6.45) is 7.92. The largest absolute Gasteiger partial charge is 0.657 e. The number of H-pyrrole nitrogens is 1. The second-order valence-electron chi connectivity index (χ2n) is 34.1. The first-order valence-electron chi connectivity index (χ1n) is 39.1. The van der Waals surface area contributed by atoms with Crippen molar-refractivity contribution in [3.8, 4) is 45.3 Å². The molecule has 0 atom stereocenters. The van der Waals surface area contributed by atoms with Gasteiger partial charge in [-0.25, -0.2) is 29.9 Å². The van der Waals surface area contributed by atoms with Crippen LogP contribution in [0.5, 0.6) is 23.0 Å². The first-order chi connectivity index (χ1) is 56.6.